The molecule has 4 rings (SSSR count). The van der Waals surface area contributed by atoms with Crippen molar-refractivity contribution in [1.29, 1.82) is 0 Å². The van der Waals surface area contributed by atoms with Crippen molar-refractivity contribution in [3.63, 3.8) is 0 Å². The number of fused-ring (bicyclic) bond motifs is 3. The first-order valence-corrected chi connectivity index (χ1v) is 9.87. The normalized spacial score (nSPS) is 32.3. The van der Waals surface area contributed by atoms with Gasteiger partial charge in [0.1, 0.15) is 11.5 Å². The summed E-state index contributed by atoms with van der Waals surface area (Å²) in [4.78, 5) is 0. The maximum absolute atomic E-state index is 10.7. The summed E-state index contributed by atoms with van der Waals surface area (Å²) in [5.74, 6) is 2.53. The van der Waals surface area contributed by atoms with Gasteiger partial charge in [0.2, 0.25) is 0 Å². The highest BCUT2D eigenvalue weighted by molar-refractivity contribution is 5.96. The minimum Gasteiger partial charge on any atom is -0.496 e. The molecule has 5 atom stereocenters. The average Bonchev–Trinajstić information content (AvgIpc) is 2.66. The zero-order chi connectivity index (χ0) is 19.3. The number of rotatable bonds is 3. The summed E-state index contributed by atoms with van der Waals surface area (Å²) in [5, 5.41) is 12.8. The van der Waals surface area contributed by atoms with E-state index in [9.17, 15) is 5.11 Å². The molecule has 1 aliphatic carbocycles. The van der Waals surface area contributed by atoms with Crippen molar-refractivity contribution in [2.75, 3.05) is 14.2 Å². The van der Waals surface area contributed by atoms with Crippen LogP contribution < -0.4 is 9.47 Å². The van der Waals surface area contributed by atoms with Crippen molar-refractivity contribution in [2.45, 2.75) is 51.4 Å². The highest BCUT2D eigenvalue weighted by atomic mass is 16.5. The monoisotopic (exact) mass is 370 g/mol. The number of hydrogen-bond donors (Lipinski definition) is 1. The summed E-state index contributed by atoms with van der Waals surface area (Å²) in [5.41, 5.74) is 0.858. The molecule has 1 N–H and O–H groups in total. The molecule has 2 fully saturated rings. The van der Waals surface area contributed by atoms with E-state index in [2.05, 4.69) is 32.9 Å². The van der Waals surface area contributed by atoms with E-state index < -0.39 is 0 Å². The number of hydrogen-bond acceptors (Lipinski definition) is 4. The van der Waals surface area contributed by atoms with Gasteiger partial charge < -0.3 is 19.3 Å². The molecule has 1 aliphatic heterocycles. The van der Waals surface area contributed by atoms with Gasteiger partial charge in [-0.15, -0.1) is 0 Å². The average molecular weight is 370 g/mol. The zero-order valence-electron chi connectivity index (χ0n) is 16.9. The Morgan fingerprint density at radius 1 is 1.04 bits per heavy atom. The van der Waals surface area contributed by atoms with E-state index in [1.165, 1.54) is 0 Å². The van der Waals surface area contributed by atoms with Crippen LogP contribution in [0.15, 0.2) is 30.3 Å². The van der Waals surface area contributed by atoms with Gasteiger partial charge in [0.25, 0.3) is 0 Å². The van der Waals surface area contributed by atoms with Crippen LogP contribution in [0.3, 0.4) is 0 Å². The zero-order valence-corrected chi connectivity index (χ0v) is 16.9. The van der Waals surface area contributed by atoms with Crippen LogP contribution in [-0.2, 0) is 4.74 Å². The lowest BCUT2D eigenvalue weighted by Gasteiger charge is -2.53. The van der Waals surface area contributed by atoms with E-state index >= 15 is 0 Å². The fourth-order valence-electron chi connectivity index (χ4n) is 5.16. The van der Waals surface area contributed by atoms with Crippen LogP contribution in [0.1, 0.15) is 45.3 Å². The lowest BCUT2D eigenvalue weighted by molar-refractivity contribution is -0.215. The molecule has 2 aromatic rings. The Kier molecular flexibility index (Phi) is 4.59. The summed E-state index contributed by atoms with van der Waals surface area (Å²) in [7, 11) is 3.39. The predicted octanol–water partition coefficient (Wildman–Crippen LogP) is 4.73. The molecule has 0 radical (unpaired) electrons. The molecule has 2 unspecified atom stereocenters. The third-order valence-electron chi connectivity index (χ3n) is 6.91. The number of aliphatic hydroxyl groups is 1. The second-order valence-corrected chi connectivity index (χ2v) is 8.64. The van der Waals surface area contributed by atoms with Crippen molar-refractivity contribution in [2.24, 2.45) is 17.8 Å². The molecule has 2 bridgehead atoms. The molecule has 2 aliphatic rings. The van der Waals surface area contributed by atoms with E-state index in [1.807, 2.05) is 18.2 Å². The lowest BCUT2D eigenvalue weighted by atomic mass is 9.63. The van der Waals surface area contributed by atoms with Crippen molar-refractivity contribution >= 4 is 10.8 Å². The lowest BCUT2D eigenvalue weighted by Crippen LogP contribution is -2.52. The van der Waals surface area contributed by atoms with Gasteiger partial charge in [-0.1, -0.05) is 25.1 Å². The van der Waals surface area contributed by atoms with Gasteiger partial charge in [-0.3, -0.25) is 0 Å². The van der Waals surface area contributed by atoms with E-state index in [4.69, 9.17) is 14.2 Å². The first-order chi connectivity index (χ1) is 12.9. The second kappa shape index (κ2) is 6.68. The minimum atomic E-state index is -0.272. The number of ether oxygens (including phenoxy) is 3. The van der Waals surface area contributed by atoms with E-state index in [1.54, 1.807) is 14.2 Å². The number of aliphatic hydroxyl groups excluding tert-OH is 1. The maximum atomic E-state index is 10.7. The third-order valence-corrected chi connectivity index (χ3v) is 6.91. The molecule has 4 heteroatoms. The van der Waals surface area contributed by atoms with Crippen LogP contribution in [0.2, 0.25) is 0 Å². The van der Waals surface area contributed by atoms with Crippen molar-refractivity contribution in [3.05, 3.63) is 35.9 Å². The van der Waals surface area contributed by atoms with E-state index in [0.717, 1.165) is 40.7 Å². The van der Waals surface area contributed by atoms with Gasteiger partial charge in [0.05, 0.1) is 32.0 Å². The molecule has 1 saturated heterocycles. The summed E-state index contributed by atoms with van der Waals surface area (Å²) >= 11 is 0. The van der Waals surface area contributed by atoms with Crippen LogP contribution >= 0.6 is 0 Å². The molecule has 1 heterocycles. The SMILES string of the molecule is COc1ccc([C@@H]2OC(C)(C)C3CC2[C@H](C)[C@@H](O)C3)c2c(OC)cccc12. The smallest absolute Gasteiger partial charge is 0.127 e. The Bertz CT molecular complexity index is 844. The van der Waals surface area contributed by atoms with Gasteiger partial charge >= 0.3 is 0 Å². The van der Waals surface area contributed by atoms with Crippen molar-refractivity contribution in [3.8, 4) is 11.5 Å². The number of methoxy groups -OCH3 is 2. The molecule has 0 aromatic heterocycles. The molecule has 0 spiro atoms. The Hall–Kier alpha value is -1.78. The molecule has 27 heavy (non-hydrogen) atoms. The fraction of sp³-hybridized carbons (Fsp3) is 0.565. The fourth-order valence-corrected chi connectivity index (χ4v) is 5.16. The van der Waals surface area contributed by atoms with Gasteiger partial charge in [0.15, 0.2) is 0 Å². The Balaban J connectivity index is 1.90. The summed E-state index contributed by atoms with van der Waals surface area (Å²) < 4.78 is 18.0. The summed E-state index contributed by atoms with van der Waals surface area (Å²) in [6, 6.07) is 10.2. The van der Waals surface area contributed by atoms with Gasteiger partial charge in [-0.05, 0) is 62.1 Å². The molecule has 2 aromatic carbocycles. The molecule has 0 amide bonds. The summed E-state index contributed by atoms with van der Waals surface area (Å²) in [6.45, 7) is 6.47. The van der Waals surface area contributed by atoms with Crippen LogP contribution in [0.4, 0.5) is 0 Å². The highest BCUT2D eigenvalue weighted by Crippen LogP contribution is 2.54. The van der Waals surface area contributed by atoms with Crippen molar-refractivity contribution < 1.29 is 19.3 Å². The minimum absolute atomic E-state index is 0.0779. The quantitative estimate of drug-likeness (QED) is 0.848. The van der Waals surface area contributed by atoms with Gasteiger partial charge in [-0.2, -0.15) is 0 Å². The molecule has 146 valence electrons. The first-order valence-electron chi connectivity index (χ1n) is 9.87. The van der Waals surface area contributed by atoms with E-state index in [0.29, 0.717) is 5.92 Å². The molecule has 4 nitrogen and oxygen atoms in total. The molecular formula is C23H30O4. The second-order valence-electron chi connectivity index (χ2n) is 8.64. The van der Waals surface area contributed by atoms with Crippen LogP contribution in [-0.4, -0.2) is 31.0 Å². The van der Waals surface area contributed by atoms with E-state index in [-0.39, 0.29) is 29.6 Å². The molecular weight excluding hydrogens is 340 g/mol. The van der Waals surface area contributed by atoms with Crippen LogP contribution in [0.5, 0.6) is 11.5 Å². The number of benzene rings is 2. The largest absolute Gasteiger partial charge is 0.496 e. The summed E-state index contributed by atoms with van der Waals surface area (Å²) in [6.07, 6.45) is 1.56. The standard InChI is InChI=1S/C23H30O4/c1-13-17-11-14(12-18(13)24)23(2,3)27-22(17)16-9-10-19(25-4)15-7-6-8-20(26-5)21(15)16/h6-10,13-14,17-18,22,24H,11-12H2,1-5H3/t13-,14?,17?,18-,22-/m0/s1. The first kappa shape index (κ1) is 18.6. The maximum Gasteiger partial charge on any atom is 0.127 e. The Morgan fingerprint density at radius 2 is 1.78 bits per heavy atom. The predicted molar refractivity (Wildman–Crippen MR) is 106 cm³/mol. The van der Waals surface area contributed by atoms with Crippen molar-refractivity contribution in [1.82, 2.24) is 0 Å². The van der Waals surface area contributed by atoms with Gasteiger partial charge in [-0.25, -0.2) is 0 Å². The Labute approximate surface area is 161 Å². The van der Waals surface area contributed by atoms with Gasteiger partial charge in [0, 0.05) is 10.8 Å². The third kappa shape index (κ3) is 2.90. The highest BCUT2D eigenvalue weighted by Gasteiger charge is 2.51. The van der Waals surface area contributed by atoms with Crippen LogP contribution in [0, 0.1) is 17.8 Å². The molecule has 1 saturated carbocycles. The van der Waals surface area contributed by atoms with Crippen LogP contribution in [0.25, 0.3) is 10.8 Å². The Morgan fingerprint density at radius 3 is 2.48 bits per heavy atom. The topological polar surface area (TPSA) is 47.9 Å².